The van der Waals surface area contributed by atoms with Gasteiger partial charge in [-0.1, -0.05) is 5.16 Å². The maximum absolute atomic E-state index is 12.3. The van der Waals surface area contributed by atoms with E-state index in [2.05, 4.69) is 10.5 Å². The van der Waals surface area contributed by atoms with Gasteiger partial charge in [0.15, 0.2) is 0 Å². The highest BCUT2D eigenvalue weighted by Crippen LogP contribution is 2.48. The lowest BCUT2D eigenvalue weighted by Gasteiger charge is -2.29. The first-order valence-corrected chi connectivity index (χ1v) is 8.30. The summed E-state index contributed by atoms with van der Waals surface area (Å²) in [5, 5.41) is 6.99. The summed E-state index contributed by atoms with van der Waals surface area (Å²) in [6, 6.07) is -0.0710. The minimum absolute atomic E-state index is 0.0172. The molecule has 0 aromatic carbocycles. The van der Waals surface area contributed by atoms with E-state index in [9.17, 15) is 9.59 Å². The number of aromatic nitrogens is 1. The molecule has 6 nitrogen and oxygen atoms in total. The molecule has 2 aliphatic rings. The van der Waals surface area contributed by atoms with E-state index in [1.54, 1.807) is 0 Å². The molecule has 2 fully saturated rings. The van der Waals surface area contributed by atoms with Gasteiger partial charge in [0.05, 0.1) is 18.7 Å². The van der Waals surface area contributed by atoms with E-state index in [0.29, 0.717) is 24.7 Å². The van der Waals surface area contributed by atoms with Gasteiger partial charge in [0.1, 0.15) is 5.76 Å². The lowest BCUT2D eigenvalue weighted by atomic mass is 9.84. The van der Waals surface area contributed by atoms with Gasteiger partial charge < -0.3 is 14.6 Å². The Morgan fingerprint density at radius 1 is 1.30 bits per heavy atom. The normalized spacial score (nSPS) is 28.8. The molecule has 126 valence electrons. The quantitative estimate of drug-likeness (QED) is 0.838. The second-order valence-electron chi connectivity index (χ2n) is 6.78. The van der Waals surface area contributed by atoms with E-state index in [0.717, 1.165) is 36.3 Å². The van der Waals surface area contributed by atoms with Gasteiger partial charge >= 0.3 is 5.97 Å². The van der Waals surface area contributed by atoms with Crippen LogP contribution in [0.3, 0.4) is 0 Å². The summed E-state index contributed by atoms with van der Waals surface area (Å²) in [5.74, 6) is 1.15. The highest BCUT2D eigenvalue weighted by Gasteiger charge is 2.51. The first kappa shape index (κ1) is 16.0. The number of hydrogen-bond acceptors (Lipinski definition) is 5. The van der Waals surface area contributed by atoms with Crippen molar-refractivity contribution in [3.8, 4) is 0 Å². The molecule has 0 unspecified atom stereocenters. The number of nitrogens with one attached hydrogen (secondary N) is 1. The highest BCUT2D eigenvalue weighted by atomic mass is 16.5. The lowest BCUT2D eigenvalue weighted by molar-refractivity contribution is -0.148. The lowest BCUT2D eigenvalue weighted by Crippen LogP contribution is -2.47. The van der Waals surface area contributed by atoms with Crippen molar-refractivity contribution in [2.45, 2.75) is 52.0 Å². The number of nitrogens with zero attached hydrogens (tertiary/aromatic N) is 1. The van der Waals surface area contributed by atoms with Crippen LogP contribution in [-0.4, -0.2) is 30.2 Å². The number of carbonyl (C=O) groups is 2. The predicted molar refractivity (Wildman–Crippen MR) is 82.6 cm³/mol. The molecular weight excluding hydrogens is 296 g/mol. The van der Waals surface area contributed by atoms with Gasteiger partial charge in [0.25, 0.3) is 0 Å². The topological polar surface area (TPSA) is 81.4 Å². The Kier molecular flexibility index (Phi) is 4.41. The number of carbonyl (C=O) groups excluding carboxylic acids is 2. The average molecular weight is 320 g/mol. The largest absolute Gasteiger partial charge is 0.469 e. The van der Waals surface area contributed by atoms with Crippen molar-refractivity contribution in [2.75, 3.05) is 7.11 Å². The summed E-state index contributed by atoms with van der Waals surface area (Å²) in [6.45, 7) is 3.74. The number of rotatable bonds is 5. The van der Waals surface area contributed by atoms with Gasteiger partial charge in [0.2, 0.25) is 5.91 Å². The van der Waals surface area contributed by atoms with E-state index >= 15 is 0 Å². The van der Waals surface area contributed by atoms with Gasteiger partial charge in [-0.25, -0.2) is 0 Å². The fraction of sp³-hybridized carbons (Fsp3) is 0.706. The van der Waals surface area contributed by atoms with Crippen molar-refractivity contribution in [3.63, 3.8) is 0 Å². The zero-order valence-electron chi connectivity index (χ0n) is 13.9. The third kappa shape index (κ3) is 2.99. The summed E-state index contributed by atoms with van der Waals surface area (Å²) >= 11 is 0. The minimum Gasteiger partial charge on any atom is -0.469 e. The molecular formula is C17H24N2O4. The number of hydrogen-bond donors (Lipinski definition) is 1. The van der Waals surface area contributed by atoms with Gasteiger partial charge in [-0.05, 0) is 51.4 Å². The summed E-state index contributed by atoms with van der Waals surface area (Å²) in [4.78, 5) is 24.4. The Balaban J connectivity index is 1.60. The number of aryl methyl sites for hydroxylation is 2. The van der Waals surface area contributed by atoms with Crippen LogP contribution in [0.5, 0.6) is 0 Å². The van der Waals surface area contributed by atoms with Crippen LogP contribution in [0.2, 0.25) is 0 Å². The molecule has 1 amide bonds. The number of esters is 1. The Morgan fingerprint density at radius 2 is 2.04 bits per heavy atom. The second-order valence-corrected chi connectivity index (χ2v) is 6.78. The van der Waals surface area contributed by atoms with Crippen molar-refractivity contribution in [3.05, 3.63) is 17.0 Å². The molecule has 1 heterocycles. The van der Waals surface area contributed by atoms with Crippen molar-refractivity contribution in [1.29, 1.82) is 0 Å². The van der Waals surface area contributed by atoms with Crippen molar-refractivity contribution in [1.82, 2.24) is 10.5 Å². The van der Waals surface area contributed by atoms with Crippen LogP contribution in [0.1, 0.15) is 42.7 Å². The third-order valence-corrected chi connectivity index (χ3v) is 5.50. The summed E-state index contributed by atoms with van der Waals surface area (Å²) < 4.78 is 10.1. The Hall–Kier alpha value is -1.85. The molecule has 2 bridgehead atoms. The molecule has 6 heteroatoms. The molecule has 0 radical (unpaired) electrons. The molecule has 3 rings (SSSR count). The van der Waals surface area contributed by atoms with Crippen LogP contribution >= 0.6 is 0 Å². The average Bonchev–Trinajstić information content (AvgIpc) is 3.21. The second kappa shape index (κ2) is 6.34. The standard InChI is InChI=1S/C17H24N2O4/c1-9-13(10(2)23-19-9)6-7-14(20)18-16-12-5-4-11(8-12)15(16)17(21)22-3/h11-12,15-16H,4-8H2,1-3H3,(H,18,20)/t11-,12-,15-,16+/m0/s1. The monoisotopic (exact) mass is 320 g/mol. The van der Waals surface area contributed by atoms with E-state index in [-0.39, 0.29) is 23.8 Å². The van der Waals surface area contributed by atoms with Gasteiger partial charge in [-0.3, -0.25) is 9.59 Å². The van der Waals surface area contributed by atoms with Crippen LogP contribution in [0.25, 0.3) is 0 Å². The predicted octanol–water partition coefficient (Wildman–Crippen LogP) is 1.93. The molecule has 1 aromatic heterocycles. The zero-order chi connectivity index (χ0) is 16.6. The van der Waals surface area contributed by atoms with Crippen LogP contribution in [0.15, 0.2) is 4.52 Å². The van der Waals surface area contributed by atoms with E-state index in [1.807, 2.05) is 13.8 Å². The maximum Gasteiger partial charge on any atom is 0.311 e. The summed E-state index contributed by atoms with van der Waals surface area (Å²) in [5.41, 5.74) is 1.83. The smallest absolute Gasteiger partial charge is 0.311 e. The van der Waals surface area contributed by atoms with E-state index in [1.165, 1.54) is 7.11 Å². The molecule has 2 aliphatic carbocycles. The Morgan fingerprint density at radius 3 is 2.70 bits per heavy atom. The van der Waals surface area contributed by atoms with E-state index < -0.39 is 0 Å². The minimum atomic E-state index is -0.187. The molecule has 1 aromatic rings. The fourth-order valence-corrected chi connectivity index (χ4v) is 4.33. The third-order valence-electron chi connectivity index (χ3n) is 5.50. The van der Waals surface area contributed by atoms with Crippen LogP contribution in [0, 0.1) is 31.6 Å². The molecule has 2 saturated carbocycles. The van der Waals surface area contributed by atoms with Crippen molar-refractivity contribution < 1.29 is 18.8 Å². The molecule has 4 atom stereocenters. The van der Waals surface area contributed by atoms with Crippen LogP contribution in [-0.2, 0) is 20.7 Å². The SMILES string of the molecule is COC(=O)[C@H]1[C@H]2CC[C@@H](C2)[C@H]1NC(=O)CCc1c(C)noc1C. The summed E-state index contributed by atoms with van der Waals surface area (Å²) in [6.07, 6.45) is 4.17. The highest BCUT2D eigenvalue weighted by molar-refractivity contribution is 5.79. The van der Waals surface area contributed by atoms with Crippen molar-refractivity contribution >= 4 is 11.9 Å². The van der Waals surface area contributed by atoms with Crippen LogP contribution < -0.4 is 5.32 Å². The molecule has 0 saturated heterocycles. The Labute approximate surface area is 135 Å². The maximum atomic E-state index is 12.3. The van der Waals surface area contributed by atoms with Crippen molar-refractivity contribution in [2.24, 2.45) is 17.8 Å². The molecule has 1 N–H and O–H groups in total. The molecule has 23 heavy (non-hydrogen) atoms. The Bertz CT molecular complexity index is 590. The number of ether oxygens (including phenoxy) is 1. The summed E-state index contributed by atoms with van der Waals surface area (Å²) in [7, 11) is 1.42. The van der Waals surface area contributed by atoms with E-state index in [4.69, 9.17) is 9.26 Å². The first-order valence-electron chi connectivity index (χ1n) is 8.30. The van der Waals surface area contributed by atoms with Crippen LogP contribution in [0.4, 0.5) is 0 Å². The molecule has 0 aliphatic heterocycles. The zero-order valence-corrected chi connectivity index (χ0v) is 13.9. The van der Waals surface area contributed by atoms with Gasteiger partial charge in [-0.15, -0.1) is 0 Å². The number of fused-ring (bicyclic) bond motifs is 2. The van der Waals surface area contributed by atoms with Gasteiger partial charge in [-0.2, -0.15) is 0 Å². The first-order chi connectivity index (χ1) is 11.0. The number of amides is 1. The number of methoxy groups -OCH3 is 1. The molecule has 0 spiro atoms. The van der Waals surface area contributed by atoms with Gasteiger partial charge in [0, 0.05) is 18.0 Å². The fourth-order valence-electron chi connectivity index (χ4n) is 4.33.